The number of carbonyl (C=O) groups is 1. The quantitative estimate of drug-likeness (QED) is 0.809. The Morgan fingerprint density at radius 3 is 3.18 bits per heavy atom. The summed E-state index contributed by atoms with van der Waals surface area (Å²) in [6.45, 7) is 0.773. The lowest BCUT2D eigenvalue weighted by Gasteiger charge is -2.03. The molecule has 0 atom stereocenters. The molecule has 0 aliphatic heterocycles. The normalized spacial score (nSPS) is 10.6. The van der Waals surface area contributed by atoms with Crippen LogP contribution in [-0.2, 0) is 17.8 Å². The molecule has 2 heterocycles. The summed E-state index contributed by atoms with van der Waals surface area (Å²) < 4.78 is 1.88. The van der Waals surface area contributed by atoms with Gasteiger partial charge in [0.05, 0.1) is 5.75 Å². The molecule has 1 N–H and O–H groups in total. The first-order chi connectivity index (χ1) is 8.25. The topological polar surface area (TPSA) is 68.0 Å². The number of carboxylic acid groups (broad SMARTS) is 1. The SMILES string of the molecule is O=C(O)CSc1nncn1CCc1cccs1. The highest BCUT2D eigenvalue weighted by molar-refractivity contribution is 7.99. The number of hydrogen-bond acceptors (Lipinski definition) is 5. The van der Waals surface area contributed by atoms with E-state index >= 15 is 0 Å². The van der Waals surface area contributed by atoms with Crippen molar-refractivity contribution in [3.05, 3.63) is 28.7 Å². The molecule has 0 aromatic carbocycles. The molecule has 90 valence electrons. The molecule has 0 aliphatic rings. The first-order valence-corrected chi connectivity index (χ1v) is 6.87. The van der Waals surface area contributed by atoms with Crippen molar-refractivity contribution in [2.24, 2.45) is 0 Å². The van der Waals surface area contributed by atoms with Crippen LogP contribution in [0.2, 0.25) is 0 Å². The van der Waals surface area contributed by atoms with Gasteiger partial charge < -0.3 is 9.67 Å². The molecule has 0 aliphatic carbocycles. The summed E-state index contributed by atoms with van der Waals surface area (Å²) in [6, 6.07) is 4.10. The minimum atomic E-state index is -0.845. The first kappa shape index (κ1) is 12.1. The van der Waals surface area contributed by atoms with E-state index in [1.165, 1.54) is 16.6 Å². The number of aliphatic carboxylic acids is 1. The van der Waals surface area contributed by atoms with Crippen LogP contribution in [0.4, 0.5) is 0 Å². The van der Waals surface area contributed by atoms with E-state index in [2.05, 4.69) is 16.3 Å². The summed E-state index contributed by atoms with van der Waals surface area (Å²) in [7, 11) is 0. The summed E-state index contributed by atoms with van der Waals surface area (Å²) in [5.74, 6) is -0.833. The van der Waals surface area contributed by atoms with E-state index in [1.807, 2.05) is 16.0 Å². The van der Waals surface area contributed by atoms with Crippen LogP contribution >= 0.6 is 23.1 Å². The van der Waals surface area contributed by atoms with Gasteiger partial charge in [-0.3, -0.25) is 4.79 Å². The Balaban J connectivity index is 1.92. The summed E-state index contributed by atoms with van der Waals surface area (Å²) in [5.41, 5.74) is 0. The molecule has 0 unspecified atom stereocenters. The molecular weight excluding hydrogens is 258 g/mol. The van der Waals surface area contributed by atoms with Gasteiger partial charge in [-0.1, -0.05) is 17.8 Å². The van der Waals surface area contributed by atoms with E-state index in [9.17, 15) is 4.79 Å². The zero-order chi connectivity index (χ0) is 12.1. The number of carboxylic acids is 1. The van der Waals surface area contributed by atoms with Crippen LogP contribution in [0.3, 0.4) is 0 Å². The first-order valence-electron chi connectivity index (χ1n) is 5.00. The lowest BCUT2D eigenvalue weighted by atomic mass is 10.3. The number of thiophene rings is 1. The zero-order valence-electron chi connectivity index (χ0n) is 8.94. The highest BCUT2D eigenvalue weighted by atomic mass is 32.2. The molecule has 0 saturated heterocycles. The lowest BCUT2D eigenvalue weighted by Crippen LogP contribution is -2.04. The van der Waals surface area contributed by atoms with Gasteiger partial charge in [0, 0.05) is 11.4 Å². The van der Waals surface area contributed by atoms with Gasteiger partial charge in [-0.15, -0.1) is 21.5 Å². The Kier molecular flexibility index (Phi) is 4.16. The van der Waals surface area contributed by atoms with Gasteiger partial charge in [-0.05, 0) is 17.9 Å². The Labute approximate surface area is 106 Å². The fourth-order valence-corrected chi connectivity index (χ4v) is 2.68. The average molecular weight is 269 g/mol. The van der Waals surface area contributed by atoms with Crippen LogP contribution in [-0.4, -0.2) is 31.6 Å². The summed E-state index contributed by atoms with van der Waals surface area (Å²) in [6.07, 6.45) is 2.55. The predicted octanol–water partition coefficient (Wildman–Crippen LogP) is 1.76. The average Bonchev–Trinajstić information content (AvgIpc) is 2.95. The molecule has 2 rings (SSSR count). The molecule has 5 nitrogen and oxygen atoms in total. The maximum Gasteiger partial charge on any atom is 0.313 e. The number of aryl methyl sites for hydroxylation is 2. The van der Waals surface area contributed by atoms with Gasteiger partial charge in [0.1, 0.15) is 6.33 Å². The van der Waals surface area contributed by atoms with Gasteiger partial charge in [-0.2, -0.15) is 0 Å². The minimum absolute atomic E-state index is 0.0116. The predicted molar refractivity (Wildman–Crippen MR) is 66.4 cm³/mol. The van der Waals surface area contributed by atoms with Crippen molar-refractivity contribution in [2.75, 3.05) is 5.75 Å². The number of rotatable bonds is 6. The second kappa shape index (κ2) is 5.83. The second-order valence-corrected chi connectivity index (χ2v) is 5.29. The van der Waals surface area contributed by atoms with Gasteiger partial charge in [0.25, 0.3) is 0 Å². The third-order valence-corrected chi connectivity index (χ3v) is 3.99. The molecule has 0 amide bonds. The third-order valence-electron chi connectivity index (χ3n) is 2.08. The van der Waals surface area contributed by atoms with E-state index in [-0.39, 0.29) is 5.75 Å². The van der Waals surface area contributed by atoms with Crippen molar-refractivity contribution in [1.29, 1.82) is 0 Å². The lowest BCUT2D eigenvalue weighted by molar-refractivity contribution is -0.133. The number of nitrogens with zero attached hydrogens (tertiary/aromatic N) is 3. The van der Waals surface area contributed by atoms with E-state index in [0.29, 0.717) is 5.16 Å². The highest BCUT2D eigenvalue weighted by Crippen LogP contribution is 2.16. The molecule has 7 heteroatoms. The Hall–Kier alpha value is -1.34. The van der Waals surface area contributed by atoms with E-state index in [1.54, 1.807) is 17.7 Å². The van der Waals surface area contributed by atoms with Crippen LogP contribution in [0, 0.1) is 0 Å². The molecular formula is C10H11N3O2S2. The van der Waals surface area contributed by atoms with Crippen LogP contribution in [0.1, 0.15) is 4.88 Å². The minimum Gasteiger partial charge on any atom is -0.481 e. The molecule has 0 saturated carbocycles. The molecule has 17 heavy (non-hydrogen) atoms. The van der Waals surface area contributed by atoms with Crippen molar-refractivity contribution in [3.8, 4) is 0 Å². The van der Waals surface area contributed by atoms with Crippen molar-refractivity contribution in [1.82, 2.24) is 14.8 Å². The van der Waals surface area contributed by atoms with Crippen molar-refractivity contribution < 1.29 is 9.90 Å². The largest absolute Gasteiger partial charge is 0.481 e. The van der Waals surface area contributed by atoms with Crippen LogP contribution in [0.15, 0.2) is 29.0 Å². The highest BCUT2D eigenvalue weighted by Gasteiger charge is 2.07. The van der Waals surface area contributed by atoms with Gasteiger partial charge in [0.2, 0.25) is 0 Å². The van der Waals surface area contributed by atoms with Crippen molar-refractivity contribution in [3.63, 3.8) is 0 Å². The molecule has 0 radical (unpaired) electrons. The van der Waals surface area contributed by atoms with Crippen LogP contribution in [0.5, 0.6) is 0 Å². The maximum absolute atomic E-state index is 10.5. The standard InChI is InChI=1S/C10H11N3O2S2/c14-9(15)6-17-10-12-11-7-13(10)4-3-8-2-1-5-16-8/h1-2,5,7H,3-4,6H2,(H,14,15). The third kappa shape index (κ3) is 3.57. The number of hydrogen-bond donors (Lipinski definition) is 1. The maximum atomic E-state index is 10.5. The Morgan fingerprint density at radius 1 is 1.59 bits per heavy atom. The second-order valence-electron chi connectivity index (χ2n) is 3.32. The molecule has 0 bridgehead atoms. The van der Waals surface area contributed by atoms with Gasteiger partial charge >= 0.3 is 5.97 Å². The van der Waals surface area contributed by atoms with Crippen molar-refractivity contribution in [2.45, 2.75) is 18.1 Å². The monoisotopic (exact) mass is 269 g/mol. The molecule has 0 spiro atoms. The number of aromatic nitrogens is 3. The fraction of sp³-hybridized carbons (Fsp3) is 0.300. The van der Waals surface area contributed by atoms with E-state index in [4.69, 9.17) is 5.11 Å². The smallest absolute Gasteiger partial charge is 0.313 e. The molecule has 2 aromatic rings. The van der Waals surface area contributed by atoms with Crippen LogP contribution in [0.25, 0.3) is 0 Å². The number of thioether (sulfide) groups is 1. The summed E-state index contributed by atoms with van der Waals surface area (Å²) >= 11 is 2.91. The summed E-state index contributed by atoms with van der Waals surface area (Å²) in [4.78, 5) is 11.8. The zero-order valence-corrected chi connectivity index (χ0v) is 10.6. The Morgan fingerprint density at radius 2 is 2.47 bits per heavy atom. The van der Waals surface area contributed by atoms with Crippen molar-refractivity contribution >= 4 is 29.1 Å². The van der Waals surface area contributed by atoms with E-state index in [0.717, 1.165) is 13.0 Å². The summed E-state index contributed by atoms with van der Waals surface area (Å²) in [5, 5.41) is 19.0. The van der Waals surface area contributed by atoms with E-state index < -0.39 is 5.97 Å². The van der Waals surface area contributed by atoms with Crippen LogP contribution < -0.4 is 0 Å². The van der Waals surface area contributed by atoms with Gasteiger partial charge in [0.15, 0.2) is 5.16 Å². The fourth-order valence-electron chi connectivity index (χ4n) is 1.32. The molecule has 2 aromatic heterocycles. The molecule has 0 fully saturated rings. The Bertz CT molecular complexity index is 481. The van der Waals surface area contributed by atoms with Gasteiger partial charge in [-0.25, -0.2) is 0 Å².